The number of halogens is 1. The van der Waals surface area contributed by atoms with Crippen molar-refractivity contribution in [2.45, 2.75) is 13.3 Å². The molecule has 0 spiro atoms. The summed E-state index contributed by atoms with van der Waals surface area (Å²) in [5.74, 6) is 0. The molecule has 0 fully saturated rings. The minimum Gasteiger partial charge on any atom is -0.220 e. The lowest BCUT2D eigenvalue weighted by Gasteiger charge is -2.06. The van der Waals surface area contributed by atoms with Crippen molar-refractivity contribution in [3.63, 3.8) is 0 Å². The van der Waals surface area contributed by atoms with Crippen LogP contribution in [-0.2, 0) is 6.42 Å². The molecule has 0 atom stereocenters. The van der Waals surface area contributed by atoms with Crippen LogP contribution in [0.4, 0.5) is 0 Å². The second-order valence-corrected chi connectivity index (χ2v) is 3.41. The van der Waals surface area contributed by atoms with Crippen molar-refractivity contribution in [2.75, 3.05) is 0 Å². The molecule has 0 aliphatic carbocycles. The Morgan fingerprint density at radius 2 is 2.29 bits per heavy atom. The van der Waals surface area contributed by atoms with Gasteiger partial charge in [-0.15, -0.1) is 5.10 Å². The molecule has 0 N–H and O–H groups in total. The van der Waals surface area contributed by atoms with Crippen molar-refractivity contribution >= 4 is 11.6 Å². The van der Waals surface area contributed by atoms with Crippen LogP contribution in [0.3, 0.4) is 0 Å². The van der Waals surface area contributed by atoms with Gasteiger partial charge in [0.15, 0.2) is 0 Å². The van der Waals surface area contributed by atoms with Crippen molar-refractivity contribution in [3.05, 3.63) is 41.2 Å². The zero-order valence-electron chi connectivity index (χ0n) is 7.81. The van der Waals surface area contributed by atoms with Crippen LogP contribution in [0.25, 0.3) is 5.69 Å². The summed E-state index contributed by atoms with van der Waals surface area (Å²) in [7, 11) is 0. The van der Waals surface area contributed by atoms with Crippen LogP contribution in [0.15, 0.2) is 30.6 Å². The van der Waals surface area contributed by atoms with E-state index in [1.54, 1.807) is 10.9 Å². The Morgan fingerprint density at radius 1 is 1.43 bits per heavy atom. The molecule has 1 aromatic carbocycles. The zero-order chi connectivity index (χ0) is 9.97. The molecule has 2 rings (SSSR count). The molecule has 0 bridgehead atoms. The fourth-order valence-corrected chi connectivity index (χ4v) is 1.59. The summed E-state index contributed by atoms with van der Waals surface area (Å²) in [5.41, 5.74) is 2.21. The van der Waals surface area contributed by atoms with Crippen molar-refractivity contribution in [1.82, 2.24) is 15.0 Å². The number of aromatic nitrogens is 3. The van der Waals surface area contributed by atoms with Gasteiger partial charge in [0.2, 0.25) is 0 Å². The maximum Gasteiger partial charge on any atom is 0.0697 e. The van der Waals surface area contributed by atoms with E-state index in [1.807, 2.05) is 24.4 Å². The van der Waals surface area contributed by atoms with Crippen LogP contribution >= 0.6 is 11.6 Å². The second kappa shape index (κ2) is 3.80. The van der Waals surface area contributed by atoms with E-state index in [-0.39, 0.29) is 0 Å². The number of hydrogen-bond donors (Lipinski definition) is 0. The molecule has 4 heteroatoms. The van der Waals surface area contributed by atoms with E-state index in [9.17, 15) is 0 Å². The van der Waals surface area contributed by atoms with Gasteiger partial charge in [0.1, 0.15) is 0 Å². The lowest BCUT2D eigenvalue weighted by Crippen LogP contribution is -1.99. The molecule has 0 radical (unpaired) electrons. The highest BCUT2D eigenvalue weighted by atomic mass is 35.5. The maximum absolute atomic E-state index is 5.91. The molecule has 14 heavy (non-hydrogen) atoms. The number of nitrogens with zero attached hydrogens (tertiary/aromatic N) is 3. The fraction of sp³-hybridized carbons (Fsp3) is 0.200. The molecule has 1 heterocycles. The number of rotatable bonds is 2. The Bertz CT molecular complexity index is 423. The Kier molecular flexibility index (Phi) is 2.50. The van der Waals surface area contributed by atoms with Gasteiger partial charge in [-0.25, -0.2) is 4.68 Å². The van der Waals surface area contributed by atoms with Crippen LogP contribution in [0.2, 0.25) is 5.02 Å². The lowest BCUT2D eigenvalue weighted by molar-refractivity contribution is 0.793. The summed E-state index contributed by atoms with van der Waals surface area (Å²) in [6.07, 6.45) is 4.41. The van der Waals surface area contributed by atoms with Crippen molar-refractivity contribution in [1.29, 1.82) is 0 Å². The highest BCUT2D eigenvalue weighted by molar-refractivity contribution is 6.30. The summed E-state index contributed by atoms with van der Waals surface area (Å²) in [4.78, 5) is 0. The smallest absolute Gasteiger partial charge is 0.0697 e. The van der Waals surface area contributed by atoms with Crippen LogP contribution in [0.5, 0.6) is 0 Å². The van der Waals surface area contributed by atoms with Gasteiger partial charge in [0.05, 0.1) is 18.1 Å². The van der Waals surface area contributed by atoms with Crippen LogP contribution < -0.4 is 0 Å². The third kappa shape index (κ3) is 1.63. The van der Waals surface area contributed by atoms with E-state index < -0.39 is 0 Å². The van der Waals surface area contributed by atoms with E-state index in [1.165, 1.54) is 5.56 Å². The molecule has 72 valence electrons. The SMILES string of the molecule is CCc1cc(Cl)ccc1-n1ccnn1. The van der Waals surface area contributed by atoms with E-state index in [4.69, 9.17) is 11.6 Å². The van der Waals surface area contributed by atoms with Gasteiger partial charge < -0.3 is 0 Å². The van der Waals surface area contributed by atoms with Crippen molar-refractivity contribution in [3.8, 4) is 5.69 Å². The topological polar surface area (TPSA) is 30.7 Å². The molecule has 0 aliphatic rings. The highest BCUT2D eigenvalue weighted by Gasteiger charge is 2.03. The predicted molar refractivity (Wildman–Crippen MR) is 55.7 cm³/mol. The quantitative estimate of drug-likeness (QED) is 0.758. The van der Waals surface area contributed by atoms with Gasteiger partial charge in [-0.2, -0.15) is 0 Å². The molecule has 3 nitrogen and oxygen atoms in total. The summed E-state index contributed by atoms with van der Waals surface area (Å²) in [6, 6.07) is 5.77. The lowest BCUT2D eigenvalue weighted by atomic mass is 10.1. The molecule has 0 unspecified atom stereocenters. The fourth-order valence-electron chi connectivity index (χ4n) is 1.40. The Labute approximate surface area is 87.3 Å². The first-order valence-corrected chi connectivity index (χ1v) is 4.84. The molecule has 0 saturated heterocycles. The van der Waals surface area contributed by atoms with Gasteiger partial charge in [-0.1, -0.05) is 23.7 Å². The Balaban J connectivity index is 2.53. The van der Waals surface area contributed by atoms with E-state index in [0.29, 0.717) is 0 Å². The first-order chi connectivity index (χ1) is 6.81. The Morgan fingerprint density at radius 3 is 2.93 bits per heavy atom. The average Bonchev–Trinajstić information content (AvgIpc) is 2.70. The van der Waals surface area contributed by atoms with Gasteiger partial charge >= 0.3 is 0 Å². The zero-order valence-corrected chi connectivity index (χ0v) is 8.57. The summed E-state index contributed by atoms with van der Waals surface area (Å²) in [6.45, 7) is 2.09. The molecular weight excluding hydrogens is 198 g/mol. The summed E-state index contributed by atoms with van der Waals surface area (Å²) < 4.78 is 1.75. The average molecular weight is 208 g/mol. The standard InChI is InChI=1S/C10H10ClN3/c1-2-8-7-9(11)3-4-10(8)14-6-5-12-13-14/h3-7H,2H2,1H3. The molecule has 0 saturated carbocycles. The Hall–Kier alpha value is -1.35. The predicted octanol–water partition coefficient (Wildman–Crippen LogP) is 2.48. The van der Waals surface area contributed by atoms with Crippen molar-refractivity contribution < 1.29 is 0 Å². The normalized spacial score (nSPS) is 10.4. The maximum atomic E-state index is 5.91. The van der Waals surface area contributed by atoms with Crippen LogP contribution in [0, 0.1) is 0 Å². The third-order valence-corrected chi connectivity index (χ3v) is 2.33. The first kappa shape index (κ1) is 9.21. The third-order valence-electron chi connectivity index (χ3n) is 2.09. The van der Waals surface area contributed by atoms with Crippen LogP contribution in [-0.4, -0.2) is 15.0 Å². The number of hydrogen-bond acceptors (Lipinski definition) is 2. The number of aryl methyl sites for hydroxylation is 1. The molecule has 0 aliphatic heterocycles. The minimum atomic E-state index is 0.755. The van der Waals surface area contributed by atoms with Gasteiger partial charge in [-0.05, 0) is 30.2 Å². The van der Waals surface area contributed by atoms with Gasteiger partial charge in [0, 0.05) is 5.02 Å². The summed E-state index contributed by atoms with van der Waals surface area (Å²) >= 11 is 5.91. The molecule has 1 aromatic heterocycles. The second-order valence-electron chi connectivity index (χ2n) is 2.97. The largest absolute Gasteiger partial charge is 0.220 e. The van der Waals surface area contributed by atoms with E-state index in [0.717, 1.165) is 17.1 Å². The monoisotopic (exact) mass is 207 g/mol. The van der Waals surface area contributed by atoms with E-state index >= 15 is 0 Å². The van der Waals surface area contributed by atoms with E-state index in [2.05, 4.69) is 17.2 Å². The molecular formula is C10H10ClN3. The molecule has 2 aromatic rings. The summed E-state index contributed by atoms with van der Waals surface area (Å²) in [5, 5.41) is 8.48. The molecule has 0 amide bonds. The van der Waals surface area contributed by atoms with Gasteiger partial charge in [0.25, 0.3) is 0 Å². The van der Waals surface area contributed by atoms with Crippen LogP contribution in [0.1, 0.15) is 12.5 Å². The first-order valence-electron chi connectivity index (χ1n) is 4.46. The minimum absolute atomic E-state index is 0.755. The number of benzene rings is 1. The van der Waals surface area contributed by atoms with Crippen molar-refractivity contribution in [2.24, 2.45) is 0 Å². The van der Waals surface area contributed by atoms with Gasteiger partial charge in [-0.3, -0.25) is 0 Å². The highest BCUT2D eigenvalue weighted by Crippen LogP contribution is 2.19.